The molecule has 2 unspecified atom stereocenters. The van der Waals surface area contributed by atoms with Gasteiger partial charge in [0.25, 0.3) is 0 Å². The molecule has 0 bridgehead atoms. The second-order valence-electron chi connectivity index (χ2n) is 4.92. The summed E-state index contributed by atoms with van der Waals surface area (Å²) in [5.74, 6) is 0.753. The molecule has 1 fully saturated rings. The molecule has 0 amide bonds. The van der Waals surface area contributed by atoms with Crippen LogP contribution in [-0.2, 0) is 9.59 Å². The molecule has 0 aromatic rings. The van der Waals surface area contributed by atoms with Crippen LogP contribution in [0.2, 0.25) is 0 Å². The largest absolute Gasteiger partial charge is 0.300 e. The quantitative estimate of drug-likeness (QED) is 0.695. The molecule has 0 aromatic carbocycles. The zero-order valence-electron chi connectivity index (χ0n) is 9.43. The molecule has 0 aliphatic heterocycles. The van der Waals surface area contributed by atoms with Crippen LogP contribution in [-0.4, -0.2) is 11.6 Å². The summed E-state index contributed by atoms with van der Waals surface area (Å²) in [6, 6.07) is 0. The lowest BCUT2D eigenvalue weighted by Gasteiger charge is -2.35. The van der Waals surface area contributed by atoms with Crippen molar-refractivity contribution >= 4 is 11.6 Å². The SMILES string of the molecule is CC(=O)CCC1(C)CCCC(C)C1=O. The molecular weight excluding hydrogens is 176 g/mol. The topological polar surface area (TPSA) is 34.1 Å². The Hall–Kier alpha value is -0.660. The first-order valence-electron chi connectivity index (χ1n) is 5.49. The first-order valence-corrected chi connectivity index (χ1v) is 5.49. The Morgan fingerprint density at radius 3 is 2.79 bits per heavy atom. The Bertz CT molecular complexity index is 245. The smallest absolute Gasteiger partial charge is 0.141 e. The van der Waals surface area contributed by atoms with Gasteiger partial charge in [-0.25, -0.2) is 0 Å². The van der Waals surface area contributed by atoms with Crippen molar-refractivity contribution in [1.29, 1.82) is 0 Å². The maximum Gasteiger partial charge on any atom is 0.141 e. The van der Waals surface area contributed by atoms with E-state index in [0.29, 0.717) is 12.2 Å². The second-order valence-corrected chi connectivity index (χ2v) is 4.92. The normalized spacial score (nSPS) is 33.1. The Balaban J connectivity index is 2.61. The Kier molecular flexibility index (Phi) is 3.46. The summed E-state index contributed by atoms with van der Waals surface area (Å²) in [6.07, 6.45) is 4.40. The summed E-state index contributed by atoms with van der Waals surface area (Å²) in [4.78, 5) is 22.9. The van der Waals surface area contributed by atoms with Gasteiger partial charge in [0.1, 0.15) is 11.6 Å². The average Bonchev–Trinajstić information content (AvgIpc) is 2.11. The summed E-state index contributed by atoms with van der Waals surface area (Å²) in [5.41, 5.74) is -0.219. The molecule has 0 heterocycles. The van der Waals surface area contributed by atoms with E-state index in [1.165, 1.54) is 0 Å². The van der Waals surface area contributed by atoms with Crippen molar-refractivity contribution in [2.24, 2.45) is 11.3 Å². The number of hydrogen-bond donors (Lipinski definition) is 0. The van der Waals surface area contributed by atoms with Gasteiger partial charge in [0, 0.05) is 17.8 Å². The third-order valence-corrected chi connectivity index (χ3v) is 3.44. The molecule has 0 saturated heterocycles. The maximum absolute atomic E-state index is 11.9. The van der Waals surface area contributed by atoms with Crippen LogP contribution >= 0.6 is 0 Å². The lowest BCUT2D eigenvalue weighted by molar-refractivity contribution is -0.135. The minimum Gasteiger partial charge on any atom is -0.300 e. The summed E-state index contributed by atoms with van der Waals surface area (Å²) < 4.78 is 0. The molecule has 1 aliphatic rings. The molecule has 1 rings (SSSR count). The van der Waals surface area contributed by atoms with Gasteiger partial charge in [-0.15, -0.1) is 0 Å². The highest BCUT2D eigenvalue weighted by atomic mass is 16.1. The lowest BCUT2D eigenvalue weighted by Crippen LogP contribution is -2.36. The molecule has 0 N–H and O–H groups in total. The molecule has 0 aromatic heterocycles. The fourth-order valence-corrected chi connectivity index (χ4v) is 2.35. The number of carbonyl (C=O) groups excluding carboxylic acids is 2. The van der Waals surface area contributed by atoms with Gasteiger partial charge in [0.2, 0.25) is 0 Å². The van der Waals surface area contributed by atoms with E-state index in [2.05, 4.69) is 0 Å². The molecule has 2 atom stereocenters. The first kappa shape index (κ1) is 11.4. The van der Waals surface area contributed by atoms with Gasteiger partial charge in [-0.3, -0.25) is 4.79 Å². The highest BCUT2D eigenvalue weighted by Crippen LogP contribution is 2.39. The van der Waals surface area contributed by atoms with Crippen molar-refractivity contribution in [2.75, 3.05) is 0 Å². The van der Waals surface area contributed by atoms with E-state index in [1.54, 1.807) is 6.92 Å². The zero-order chi connectivity index (χ0) is 10.8. The van der Waals surface area contributed by atoms with Crippen LogP contribution < -0.4 is 0 Å². The van der Waals surface area contributed by atoms with Crippen molar-refractivity contribution < 1.29 is 9.59 Å². The van der Waals surface area contributed by atoms with Gasteiger partial charge in [-0.05, 0) is 26.2 Å². The summed E-state index contributed by atoms with van der Waals surface area (Å²) in [5, 5.41) is 0. The van der Waals surface area contributed by atoms with E-state index in [0.717, 1.165) is 25.7 Å². The van der Waals surface area contributed by atoms with Crippen LogP contribution in [0.5, 0.6) is 0 Å². The molecule has 0 spiro atoms. The Morgan fingerprint density at radius 1 is 1.57 bits per heavy atom. The van der Waals surface area contributed by atoms with Gasteiger partial charge in [0.05, 0.1) is 0 Å². The van der Waals surface area contributed by atoms with Crippen molar-refractivity contribution in [2.45, 2.75) is 52.9 Å². The predicted octanol–water partition coefficient (Wildman–Crippen LogP) is 2.75. The van der Waals surface area contributed by atoms with Crippen LogP contribution in [0.25, 0.3) is 0 Å². The van der Waals surface area contributed by atoms with Crippen molar-refractivity contribution in [3.05, 3.63) is 0 Å². The maximum atomic E-state index is 11.9. The minimum absolute atomic E-state index is 0.192. The van der Waals surface area contributed by atoms with Crippen molar-refractivity contribution in [3.8, 4) is 0 Å². The zero-order valence-corrected chi connectivity index (χ0v) is 9.43. The molecule has 80 valence electrons. The van der Waals surface area contributed by atoms with E-state index in [4.69, 9.17) is 0 Å². The molecular formula is C12H20O2. The number of Topliss-reactive ketones (excluding diaryl/α,β-unsaturated/α-hetero) is 2. The van der Waals surface area contributed by atoms with Crippen LogP contribution in [0.4, 0.5) is 0 Å². The summed E-state index contributed by atoms with van der Waals surface area (Å²) >= 11 is 0. The fourth-order valence-electron chi connectivity index (χ4n) is 2.35. The molecule has 2 heteroatoms. The molecule has 2 nitrogen and oxygen atoms in total. The Labute approximate surface area is 86.1 Å². The van der Waals surface area contributed by atoms with Crippen LogP contribution in [0.15, 0.2) is 0 Å². The average molecular weight is 196 g/mol. The Morgan fingerprint density at radius 2 is 2.21 bits per heavy atom. The van der Waals surface area contributed by atoms with Gasteiger partial charge in [-0.2, -0.15) is 0 Å². The van der Waals surface area contributed by atoms with Crippen LogP contribution in [0, 0.1) is 11.3 Å². The number of carbonyl (C=O) groups is 2. The van der Waals surface area contributed by atoms with Gasteiger partial charge < -0.3 is 4.79 Å². The highest BCUT2D eigenvalue weighted by molar-refractivity contribution is 5.87. The summed E-state index contributed by atoms with van der Waals surface area (Å²) in [6.45, 7) is 5.63. The van der Waals surface area contributed by atoms with E-state index >= 15 is 0 Å². The number of hydrogen-bond acceptors (Lipinski definition) is 2. The van der Waals surface area contributed by atoms with Crippen molar-refractivity contribution in [1.82, 2.24) is 0 Å². The van der Waals surface area contributed by atoms with Crippen LogP contribution in [0.1, 0.15) is 52.9 Å². The first-order chi connectivity index (χ1) is 6.46. The molecule has 0 radical (unpaired) electrons. The van der Waals surface area contributed by atoms with E-state index in [-0.39, 0.29) is 17.1 Å². The van der Waals surface area contributed by atoms with Gasteiger partial charge in [0.15, 0.2) is 0 Å². The van der Waals surface area contributed by atoms with E-state index in [9.17, 15) is 9.59 Å². The molecule has 1 aliphatic carbocycles. The fraction of sp³-hybridized carbons (Fsp3) is 0.833. The third kappa shape index (κ3) is 2.43. The number of ketones is 2. The van der Waals surface area contributed by atoms with Crippen molar-refractivity contribution in [3.63, 3.8) is 0 Å². The highest BCUT2D eigenvalue weighted by Gasteiger charge is 2.38. The van der Waals surface area contributed by atoms with Gasteiger partial charge >= 0.3 is 0 Å². The van der Waals surface area contributed by atoms with E-state index < -0.39 is 0 Å². The summed E-state index contributed by atoms with van der Waals surface area (Å²) in [7, 11) is 0. The minimum atomic E-state index is -0.219. The predicted molar refractivity (Wildman–Crippen MR) is 56.0 cm³/mol. The monoisotopic (exact) mass is 196 g/mol. The van der Waals surface area contributed by atoms with Gasteiger partial charge in [-0.1, -0.05) is 20.3 Å². The molecule has 1 saturated carbocycles. The number of rotatable bonds is 3. The second kappa shape index (κ2) is 4.24. The standard InChI is InChI=1S/C12H20O2/c1-9-5-4-7-12(3,11(9)14)8-6-10(2)13/h9H,4-8H2,1-3H3. The van der Waals surface area contributed by atoms with E-state index in [1.807, 2.05) is 13.8 Å². The lowest BCUT2D eigenvalue weighted by atomic mass is 9.68. The third-order valence-electron chi connectivity index (χ3n) is 3.44. The molecule has 14 heavy (non-hydrogen) atoms. The van der Waals surface area contributed by atoms with Crippen LogP contribution in [0.3, 0.4) is 0 Å².